The van der Waals surface area contributed by atoms with Gasteiger partial charge in [0.1, 0.15) is 0 Å². The fraction of sp³-hybridized carbons (Fsp3) is 0.250. The third kappa shape index (κ3) is 2.00. The summed E-state index contributed by atoms with van der Waals surface area (Å²) in [6.45, 7) is 0. The van der Waals surface area contributed by atoms with E-state index in [2.05, 4.69) is 9.72 Å². The first-order chi connectivity index (χ1) is 6.16. The summed E-state index contributed by atoms with van der Waals surface area (Å²) in [6, 6.07) is 2.69. The molecule has 1 unspecified atom stereocenters. The van der Waals surface area contributed by atoms with Gasteiger partial charge in [-0.25, -0.2) is 9.78 Å². The number of pyridine rings is 1. The summed E-state index contributed by atoms with van der Waals surface area (Å²) in [7, 11) is 1.11. The van der Waals surface area contributed by atoms with Crippen LogP contribution in [0.2, 0.25) is 0 Å². The van der Waals surface area contributed by atoms with Crippen LogP contribution in [0.4, 0.5) is 4.39 Å². The van der Waals surface area contributed by atoms with Gasteiger partial charge in [0.2, 0.25) is 5.95 Å². The highest BCUT2D eigenvalue weighted by molar-refractivity contribution is 5.75. The number of aliphatic hydroxyl groups is 1. The van der Waals surface area contributed by atoms with Crippen molar-refractivity contribution < 1.29 is 19.0 Å². The van der Waals surface area contributed by atoms with Crippen LogP contribution in [-0.4, -0.2) is 23.2 Å². The minimum absolute atomic E-state index is 0.186. The van der Waals surface area contributed by atoms with Gasteiger partial charge in [0, 0.05) is 11.8 Å². The molecule has 5 heteroatoms. The van der Waals surface area contributed by atoms with Crippen LogP contribution in [0, 0.1) is 5.95 Å². The Morgan fingerprint density at radius 1 is 1.77 bits per heavy atom. The molecule has 0 fully saturated rings. The van der Waals surface area contributed by atoms with Crippen molar-refractivity contribution in [2.75, 3.05) is 7.11 Å². The molecule has 0 bridgehead atoms. The molecule has 0 spiro atoms. The molecule has 0 aliphatic carbocycles. The maximum absolute atomic E-state index is 12.9. The highest BCUT2D eigenvalue weighted by atomic mass is 19.1. The first-order valence-corrected chi connectivity index (χ1v) is 3.53. The molecule has 0 radical (unpaired) electrons. The molecule has 13 heavy (non-hydrogen) atoms. The number of methoxy groups -OCH3 is 1. The van der Waals surface area contributed by atoms with Gasteiger partial charge in [-0.1, -0.05) is 0 Å². The fourth-order valence-corrected chi connectivity index (χ4v) is 0.841. The van der Waals surface area contributed by atoms with Crippen molar-refractivity contribution in [3.63, 3.8) is 0 Å². The molecular weight excluding hydrogens is 177 g/mol. The molecule has 1 aromatic rings. The average molecular weight is 185 g/mol. The predicted octanol–water partition coefficient (Wildman–Crippen LogP) is 0.427. The van der Waals surface area contributed by atoms with Crippen molar-refractivity contribution in [1.29, 1.82) is 0 Å². The topological polar surface area (TPSA) is 59.4 Å². The van der Waals surface area contributed by atoms with E-state index in [1.165, 1.54) is 18.3 Å². The Labute approximate surface area is 74.0 Å². The zero-order chi connectivity index (χ0) is 9.84. The second-order valence-electron chi connectivity index (χ2n) is 2.31. The van der Waals surface area contributed by atoms with Gasteiger partial charge in [0.25, 0.3) is 0 Å². The molecule has 1 aromatic heterocycles. The van der Waals surface area contributed by atoms with E-state index in [9.17, 15) is 14.3 Å². The van der Waals surface area contributed by atoms with E-state index in [0.29, 0.717) is 0 Å². The van der Waals surface area contributed by atoms with E-state index in [0.717, 1.165) is 7.11 Å². The Bertz CT molecular complexity index is 316. The fourth-order valence-electron chi connectivity index (χ4n) is 0.841. The molecule has 1 heterocycles. The van der Waals surface area contributed by atoms with Gasteiger partial charge in [-0.15, -0.1) is 0 Å². The zero-order valence-electron chi connectivity index (χ0n) is 6.90. The number of hydrogen-bond acceptors (Lipinski definition) is 4. The lowest BCUT2D eigenvalue weighted by Gasteiger charge is -2.07. The number of rotatable bonds is 2. The number of aliphatic hydroxyl groups excluding tert-OH is 1. The van der Waals surface area contributed by atoms with Crippen molar-refractivity contribution >= 4 is 5.97 Å². The Kier molecular flexibility index (Phi) is 2.92. The van der Waals surface area contributed by atoms with Gasteiger partial charge in [-0.2, -0.15) is 4.39 Å². The molecule has 0 saturated carbocycles. The van der Waals surface area contributed by atoms with Crippen molar-refractivity contribution in [2.45, 2.75) is 6.10 Å². The molecule has 0 amide bonds. The Balaban J connectivity index is 2.95. The van der Waals surface area contributed by atoms with E-state index < -0.39 is 18.0 Å². The summed E-state index contributed by atoms with van der Waals surface area (Å²) >= 11 is 0. The number of esters is 1. The summed E-state index contributed by atoms with van der Waals surface area (Å²) in [6.07, 6.45) is -0.387. The molecule has 0 saturated heterocycles. The maximum Gasteiger partial charge on any atom is 0.339 e. The molecule has 70 valence electrons. The second kappa shape index (κ2) is 3.95. The summed E-state index contributed by atoms with van der Waals surface area (Å²) in [5.41, 5.74) is -0.186. The third-order valence-corrected chi connectivity index (χ3v) is 1.51. The molecule has 1 N–H and O–H groups in total. The Morgan fingerprint density at radius 3 is 3.00 bits per heavy atom. The van der Waals surface area contributed by atoms with E-state index in [-0.39, 0.29) is 5.56 Å². The number of aromatic nitrogens is 1. The van der Waals surface area contributed by atoms with E-state index >= 15 is 0 Å². The molecule has 1 rings (SSSR count). The van der Waals surface area contributed by atoms with Crippen LogP contribution in [-0.2, 0) is 9.53 Å². The number of ether oxygens (including phenoxy) is 1. The van der Waals surface area contributed by atoms with E-state index in [1.54, 1.807) is 0 Å². The van der Waals surface area contributed by atoms with Crippen molar-refractivity contribution in [3.05, 3.63) is 29.8 Å². The van der Waals surface area contributed by atoms with Gasteiger partial charge < -0.3 is 9.84 Å². The Hall–Kier alpha value is -1.49. The van der Waals surface area contributed by atoms with Crippen LogP contribution >= 0.6 is 0 Å². The predicted molar refractivity (Wildman–Crippen MR) is 41.2 cm³/mol. The lowest BCUT2D eigenvalue weighted by molar-refractivity contribution is -0.150. The summed E-state index contributed by atoms with van der Waals surface area (Å²) < 4.78 is 17.1. The maximum atomic E-state index is 12.9. The smallest absolute Gasteiger partial charge is 0.339 e. The average Bonchev–Trinajstić information content (AvgIpc) is 2.16. The molecule has 0 aliphatic heterocycles. The first-order valence-electron chi connectivity index (χ1n) is 3.53. The Morgan fingerprint density at radius 2 is 2.46 bits per heavy atom. The van der Waals surface area contributed by atoms with Gasteiger partial charge in [-0.05, 0) is 12.1 Å². The SMILES string of the molecule is COC(=O)C(O)c1cccnc1F. The lowest BCUT2D eigenvalue weighted by Crippen LogP contribution is -2.15. The quantitative estimate of drug-likeness (QED) is 0.536. The number of nitrogens with zero attached hydrogens (tertiary/aromatic N) is 1. The van der Waals surface area contributed by atoms with Crippen LogP contribution in [0.1, 0.15) is 11.7 Å². The zero-order valence-corrected chi connectivity index (χ0v) is 6.90. The molecule has 1 atom stereocenters. The monoisotopic (exact) mass is 185 g/mol. The molecular formula is C8H8FNO3. The van der Waals surface area contributed by atoms with Gasteiger partial charge in [0.05, 0.1) is 7.11 Å². The minimum Gasteiger partial charge on any atom is -0.467 e. The van der Waals surface area contributed by atoms with Crippen molar-refractivity contribution in [1.82, 2.24) is 4.98 Å². The van der Waals surface area contributed by atoms with Gasteiger partial charge in [0.15, 0.2) is 6.10 Å². The standard InChI is InChI=1S/C8H8FNO3/c1-13-8(12)6(11)5-3-2-4-10-7(5)9/h2-4,6,11H,1H3. The van der Waals surface area contributed by atoms with Crippen molar-refractivity contribution in [3.8, 4) is 0 Å². The molecule has 0 aliphatic rings. The number of halogens is 1. The highest BCUT2D eigenvalue weighted by Crippen LogP contribution is 2.15. The van der Waals surface area contributed by atoms with E-state index in [1.807, 2.05) is 0 Å². The minimum atomic E-state index is -1.61. The van der Waals surface area contributed by atoms with Crippen LogP contribution in [0.5, 0.6) is 0 Å². The molecule has 0 aromatic carbocycles. The number of hydrogen-bond donors (Lipinski definition) is 1. The van der Waals surface area contributed by atoms with Crippen LogP contribution < -0.4 is 0 Å². The normalized spacial score (nSPS) is 12.2. The summed E-state index contributed by atoms with van der Waals surface area (Å²) in [5, 5.41) is 9.22. The number of carbonyl (C=O) groups excluding carboxylic acids is 1. The third-order valence-electron chi connectivity index (χ3n) is 1.51. The van der Waals surface area contributed by atoms with Gasteiger partial charge in [-0.3, -0.25) is 0 Å². The van der Waals surface area contributed by atoms with Gasteiger partial charge >= 0.3 is 5.97 Å². The van der Waals surface area contributed by atoms with Crippen LogP contribution in [0.25, 0.3) is 0 Å². The largest absolute Gasteiger partial charge is 0.467 e. The van der Waals surface area contributed by atoms with Crippen LogP contribution in [0.15, 0.2) is 18.3 Å². The van der Waals surface area contributed by atoms with Crippen LogP contribution in [0.3, 0.4) is 0 Å². The summed E-state index contributed by atoms with van der Waals surface area (Å²) in [5.74, 6) is -1.78. The lowest BCUT2D eigenvalue weighted by atomic mass is 10.1. The first kappa shape index (κ1) is 9.60. The number of carbonyl (C=O) groups is 1. The second-order valence-corrected chi connectivity index (χ2v) is 2.31. The highest BCUT2D eigenvalue weighted by Gasteiger charge is 2.21. The van der Waals surface area contributed by atoms with E-state index in [4.69, 9.17) is 0 Å². The summed E-state index contributed by atoms with van der Waals surface area (Å²) in [4.78, 5) is 14.1. The van der Waals surface area contributed by atoms with Crippen molar-refractivity contribution in [2.24, 2.45) is 0 Å². The molecule has 4 nitrogen and oxygen atoms in total.